The average Bonchev–Trinajstić information content (AvgIpc) is 3.14. The van der Waals surface area contributed by atoms with E-state index in [0.29, 0.717) is 16.6 Å². The Bertz CT molecular complexity index is 1050. The molecule has 1 aliphatic rings. The van der Waals surface area contributed by atoms with Crippen LogP contribution in [-0.2, 0) is 9.84 Å². The quantitative estimate of drug-likeness (QED) is 0.769. The normalized spacial score (nSPS) is 14.9. The first-order valence-electron chi connectivity index (χ1n) is 7.37. The maximum absolute atomic E-state index is 12.5. The number of pyridine rings is 1. The number of nitrogens with zero attached hydrogens (tertiary/aromatic N) is 3. The first kappa shape index (κ1) is 15.3. The third kappa shape index (κ3) is 2.69. The highest BCUT2D eigenvalue weighted by Gasteiger charge is 2.27. The fraction of sp³-hybridized carbons (Fsp3) is 0.267. The van der Waals surface area contributed by atoms with Gasteiger partial charge in [-0.25, -0.2) is 18.4 Å². The zero-order chi connectivity index (χ0) is 16.9. The lowest BCUT2D eigenvalue weighted by Gasteiger charge is -1.99. The van der Waals surface area contributed by atoms with Crippen molar-refractivity contribution in [2.75, 3.05) is 11.6 Å². The molecule has 0 unspecified atom stereocenters. The van der Waals surface area contributed by atoms with Crippen LogP contribution in [0.25, 0.3) is 5.52 Å². The minimum atomic E-state index is -3.55. The summed E-state index contributed by atoms with van der Waals surface area (Å²) >= 11 is 1.36. The van der Waals surface area contributed by atoms with Crippen LogP contribution in [0.5, 0.6) is 0 Å². The number of nitrogens with one attached hydrogen (secondary N) is 1. The summed E-state index contributed by atoms with van der Waals surface area (Å²) < 4.78 is 25.2. The van der Waals surface area contributed by atoms with E-state index in [1.807, 2.05) is 5.38 Å². The molecular weight excluding hydrogens is 348 g/mol. The van der Waals surface area contributed by atoms with Gasteiger partial charge in [-0.2, -0.15) is 0 Å². The fourth-order valence-corrected chi connectivity index (χ4v) is 4.07. The van der Waals surface area contributed by atoms with Crippen LogP contribution in [0.1, 0.15) is 34.9 Å². The molecular formula is C15H14N4O3S2. The molecule has 1 N–H and O–H groups in total. The lowest BCUT2D eigenvalue weighted by Crippen LogP contribution is -2.13. The van der Waals surface area contributed by atoms with Crippen LogP contribution in [0.3, 0.4) is 0 Å². The van der Waals surface area contributed by atoms with E-state index in [-0.39, 0.29) is 10.9 Å². The number of aromatic nitrogens is 3. The van der Waals surface area contributed by atoms with E-state index in [1.54, 1.807) is 24.4 Å². The number of thiazole rings is 1. The second kappa shape index (κ2) is 5.38. The van der Waals surface area contributed by atoms with Crippen molar-refractivity contribution >= 4 is 37.7 Å². The first-order chi connectivity index (χ1) is 11.4. The molecule has 1 amide bonds. The van der Waals surface area contributed by atoms with E-state index in [2.05, 4.69) is 15.3 Å². The van der Waals surface area contributed by atoms with Gasteiger partial charge in [0, 0.05) is 23.8 Å². The van der Waals surface area contributed by atoms with Crippen molar-refractivity contribution in [2.45, 2.75) is 23.9 Å². The van der Waals surface area contributed by atoms with Crippen LogP contribution in [0.4, 0.5) is 5.13 Å². The van der Waals surface area contributed by atoms with Gasteiger partial charge in [-0.1, -0.05) is 6.07 Å². The summed E-state index contributed by atoms with van der Waals surface area (Å²) in [4.78, 5) is 21.0. The number of hydrogen-bond acceptors (Lipinski definition) is 6. The van der Waals surface area contributed by atoms with Crippen molar-refractivity contribution in [1.29, 1.82) is 0 Å². The second-order valence-electron chi connectivity index (χ2n) is 5.78. The van der Waals surface area contributed by atoms with Crippen molar-refractivity contribution in [2.24, 2.45) is 0 Å². The number of rotatable bonds is 4. The molecule has 3 aromatic heterocycles. The predicted molar refractivity (Wildman–Crippen MR) is 90.3 cm³/mol. The molecule has 1 fully saturated rings. The highest BCUT2D eigenvalue weighted by atomic mass is 32.2. The van der Waals surface area contributed by atoms with Gasteiger partial charge in [-0.05, 0) is 25.0 Å². The van der Waals surface area contributed by atoms with Gasteiger partial charge in [0.15, 0.2) is 10.8 Å². The van der Waals surface area contributed by atoms with E-state index in [9.17, 15) is 13.2 Å². The maximum atomic E-state index is 12.5. The first-order valence-corrected chi connectivity index (χ1v) is 10.1. The summed E-state index contributed by atoms with van der Waals surface area (Å²) in [6, 6.07) is 5.08. The molecule has 0 radical (unpaired) electrons. The van der Waals surface area contributed by atoms with Crippen LogP contribution < -0.4 is 5.32 Å². The third-order valence-corrected chi connectivity index (χ3v) is 5.53. The summed E-state index contributed by atoms with van der Waals surface area (Å²) in [5, 5.41) is 5.01. The van der Waals surface area contributed by atoms with E-state index in [4.69, 9.17) is 0 Å². The average molecular weight is 362 g/mol. The molecule has 0 bridgehead atoms. The summed E-state index contributed by atoms with van der Waals surface area (Å²) in [5.41, 5.74) is 1.51. The number of imidazole rings is 1. The molecule has 0 saturated heterocycles. The van der Waals surface area contributed by atoms with E-state index < -0.39 is 15.7 Å². The third-order valence-electron chi connectivity index (χ3n) is 3.80. The Labute approximate surface area is 142 Å². The largest absolute Gasteiger partial charge is 0.296 e. The van der Waals surface area contributed by atoms with Crippen molar-refractivity contribution in [1.82, 2.24) is 14.4 Å². The Morgan fingerprint density at radius 1 is 1.33 bits per heavy atom. The van der Waals surface area contributed by atoms with Crippen LogP contribution in [0.15, 0.2) is 34.9 Å². The van der Waals surface area contributed by atoms with Crippen LogP contribution >= 0.6 is 11.3 Å². The smallest absolute Gasteiger partial charge is 0.278 e. The van der Waals surface area contributed by atoms with Crippen molar-refractivity contribution in [3.8, 4) is 0 Å². The number of sulfone groups is 1. The lowest BCUT2D eigenvalue weighted by atomic mass is 10.3. The predicted octanol–water partition coefficient (Wildman–Crippen LogP) is 2.32. The van der Waals surface area contributed by atoms with Gasteiger partial charge >= 0.3 is 0 Å². The van der Waals surface area contributed by atoms with Crippen LogP contribution in [0.2, 0.25) is 0 Å². The molecule has 0 atom stereocenters. The summed E-state index contributed by atoms with van der Waals surface area (Å²) in [5.74, 6) is 0.0440. The molecule has 0 aliphatic heterocycles. The van der Waals surface area contributed by atoms with Gasteiger partial charge in [-0.15, -0.1) is 11.3 Å². The standard InChI is InChI=1S/C15H14N4O3S2/c1-24(21,22)15-17-12(11-4-2-3-7-19(11)15)13(20)18-14-16-10(8-23-14)9-5-6-9/h2-4,7-9H,5-6H2,1H3,(H,16,18,20). The molecule has 0 spiro atoms. The van der Waals surface area contributed by atoms with Gasteiger partial charge < -0.3 is 0 Å². The molecule has 7 nitrogen and oxygen atoms in total. The van der Waals surface area contributed by atoms with Crippen LogP contribution in [0, 0.1) is 0 Å². The molecule has 4 rings (SSSR count). The van der Waals surface area contributed by atoms with Gasteiger partial charge in [0.2, 0.25) is 15.0 Å². The molecule has 9 heteroatoms. The van der Waals surface area contributed by atoms with Gasteiger partial charge in [0.05, 0.1) is 11.2 Å². The van der Waals surface area contributed by atoms with Crippen molar-refractivity contribution < 1.29 is 13.2 Å². The number of amides is 1. The highest BCUT2D eigenvalue weighted by Crippen LogP contribution is 2.40. The minimum absolute atomic E-state index is 0.0687. The topological polar surface area (TPSA) is 93.4 Å². The Balaban J connectivity index is 1.71. The zero-order valence-electron chi connectivity index (χ0n) is 12.8. The highest BCUT2D eigenvalue weighted by molar-refractivity contribution is 7.90. The Morgan fingerprint density at radius 2 is 2.12 bits per heavy atom. The summed E-state index contributed by atoms with van der Waals surface area (Å²) in [6.45, 7) is 0. The van der Waals surface area contributed by atoms with Gasteiger partial charge in [-0.3, -0.25) is 14.5 Å². The summed E-state index contributed by atoms with van der Waals surface area (Å²) in [7, 11) is -3.55. The monoisotopic (exact) mass is 362 g/mol. The number of carbonyl (C=O) groups is 1. The zero-order valence-corrected chi connectivity index (χ0v) is 14.4. The summed E-state index contributed by atoms with van der Waals surface area (Å²) in [6.07, 6.45) is 4.92. The van der Waals surface area contributed by atoms with E-state index >= 15 is 0 Å². The van der Waals surface area contributed by atoms with Gasteiger partial charge in [0.25, 0.3) is 5.91 Å². The lowest BCUT2D eigenvalue weighted by molar-refractivity contribution is 0.102. The number of fused-ring (bicyclic) bond motifs is 1. The number of carbonyl (C=O) groups excluding carboxylic acids is 1. The van der Waals surface area contributed by atoms with Crippen molar-refractivity contribution in [3.05, 3.63) is 41.2 Å². The van der Waals surface area contributed by atoms with Crippen molar-refractivity contribution in [3.63, 3.8) is 0 Å². The van der Waals surface area contributed by atoms with Gasteiger partial charge in [0.1, 0.15) is 0 Å². The molecule has 3 aromatic rings. The number of anilines is 1. The minimum Gasteiger partial charge on any atom is -0.296 e. The Morgan fingerprint density at radius 3 is 2.83 bits per heavy atom. The SMILES string of the molecule is CS(=O)(=O)c1nc(C(=O)Nc2nc(C3CC3)cs2)c2ccccn12. The fourth-order valence-electron chi connectivity index (χ4n) is 2.50. The second-order valence-corrected chi connectivity index (χ2v) is 8.54. The molecule has 0 aromatic carbocycles. The number of hydrogen-bond donors (Lipinski definition) is 1. The van der Waals surface area contributed by atoms with Crippen LogP contribution in [-0.4, -0.2) is 34.9 Å². The Hall–Kier alpha value is -2.26. The van der Waals surface area contributed by atoms with E-state index in [1.165, 1.54) is 15.7 Å². The molecule has 124 valence electrons. The molecule has 24 heavy (non-hydrogen) atoms. The Kier molecular flexibility index (Phi) is 3.43. The molecule has 3 heterocycles. The maximum Gasteiger partial charge on any atom is 0.278 e. The molecule has 1 saturated carbocycles. The molecule has 1 aliphatic carbocycles. The van der Waals surface area contributed by atoms with E-state index in [0.717, 1.165) is 24.8 Å².